The molecule has 1 aromatic carbocycles. The highest BCUT2D eigenvalue weighted by molar-refractivity contribution is 7.25. The number of aromatic nitrogens is 4. The molecule has 2 N–H and O–H groups in total. The maximum Gasteiger partial charge on any atom is 0.282 e. The molecule has 1 unspecified atom stereocenters. The molecule has 0 saturated heterocycles. The molecule has 0 saturated carbocycles. The molecule has 0 spiro atoms. The summed E-state index contributed by atoms with van der Waals surface area (Å²) in [6.07, 6.45) is -1.39. The van der Waals surface area contributed by atoms with Crippen LogP contribution in [0.2, 0.25) is 0 Å². The number of hydrogen-bond donors (Lipinski definition) is 2. The first-order valence-corrected chi connectivity index (χ1v) is 9.68. The van der Waals surface area contributed by atoms with Gasteiger partial charge in [-0.2, -0.15) is 0 Å². The number of thiophene rings is 1. The number of halogens is 2. The average Bonchev–Trinajstić information content (AvgIpc) is 3.08. The van der Waals surface area contributed by atoms with Crippen LogP contribution in [0.3, 0.4) is 0 Å². The van der Waals surface area contributed by atoms with Gasteiger partial charge < -0.3 is 10.4 Å². The van der Waals surface area contributed by atoms with E-state index < -0.39 is 18.5 Å². The van der Waals surface area contributed by atoms with Gasteiger partial charge >= 0.3 is 0 Å². The summed E-state index contributed by atoms with van der Waals surface area (Å²) in [5.74, 6) is 0.424. The lowest BCUT2D eigenvalue weighted by atomic mass is 9.97. The van der Waals surface area contributed by atoms with Crippen LogP contribution in [0.4, 0.5) is 14.6 Å². The Bertz CT molecular complexity index is 1220. The molecule has 0 aliphatic rings. The first kappa shape index (κ1) is 18.3. The summed E-state index contributed by atoms with van der Waals surface area (Å²) < 4.78 is 35.5. The van der Waals surface area contributed by atoms with E-state index in [9.17, 15) is 13.9 Å². The number of rotatable bonds is 5. The second-order valence-electron chi connectivity index (χ2n) is 7.16. The van der Waals surface area contributed by atoms with E-state index in [2.05, 4.69) is 25.5 Å². The summed E-state index contributed by atoms with van der Waals surface area (Å²) >= 11 is 1.24. The highest BCUT2D eigenvalue weighted by Crippen LogP contribution is 2.38. The number of hydrogen-bond acceptors (Lipinski definition) is 7. The molecule has 0 aliphatic heterocycles. The highest BCUT2D eigenvalue weighted by Gasteiger charge is 2.21. The molecule has 0 aliphatic carbocycles. The summed E-state index contributed by atoms with van der Waals surface area (Å²) in [6, 6.07) is 7.09. The Morgan fingerprint density at radius 3 is 2.59 bits per heavy atom. The van der Waals surface area contributed by atoms with E-state index in [0.29, 0.717) is 37.4 Å². The maximum absolute atomic E-state index is 13.2. The predicted molar refractivity (Wildman–Crippen MR) is 109 cm³/mol. The highest BCUT2D eigenvalue weighted by atomic mass is 32.1. The molecule has 4 rings (SSSR count). The zero-order valence-electron chi connectivity index (χ0n) is 16.9. The van der Waals surface area contributed by atoms with Crippen LogP contribution >= 0.6 is 11.3 Å². The molecule has 3 heterocycles. The number of aryl methyl sites for hydroxylation is 1. The number of nitrogens with one attached hydrogen (secondary N) is 1. The van der Waals surface area contributed by atoms with E-state index in [1.54, 1.807) is 45.0 Å². The molecule has 6 nitrogen and oxygen atoms in total. The van der Waals surface area contributed by atoms with Crippen LogP contribution in [0, 0.1) is 6.92 Å². The van der Waals surface area contributed by atoms with Crippen molar-refractivity contribution in [2.75, 3.05) is 5.32 Å². The fourth-order valence-electron chi connectivity index (χ4n) is 3.06. The Morgan fingerprint density at radius 1 is 1.21 bits per heavy atom. The van der Waals surface area contributed by atoms with E-state index in [-0.39, 0.29) is 5.69 Å². The van der Waals surface area contributed by atoms with Crippen LogP contribution in [0.5, 0.6) is 0 Å². The second-order valence-corrected chi connectivity index (χ2v) is 8.16. The van der Waals surface area contributed by atoms with Gasteiger partial charge in [-0.15, -0.1) is 21.5 Å². The van der Waals surface area contributed by atoms with Crippen molar-refractivity contribution in [1.29, 1.82) is 0 Å². The van der Waals surface area contributed by atoms with Crippen molar-refractivity contribution < 1.29 is 15.3 Å². The maximum atomic E-state index is 13.2. The number of aliphatic hydroxyl groups is 1. The number of alkyl halides is 2. The Hall–Kier alpha value is -2.78. The van der Waals surface area contributed by atoms with E-state index in [1.807, 2.05) is 0 Å². The number of nitrogens with zero attached hydrogens (tertiary/aromatic N) is 4. The SMILES string of the molecule is [2H]C(Nc1ncnc2c1sc1nnc(C(F)F)c(C)c12)c1ccc(C(C)(C)O)cc1. The first-order valence-electron chi connectivity index (χ1n) is 9.44. The normalized spacial score (nSPS) is 13.8. The summed E-state index contributed by atoms with van der Waals surface area (Å²) in [5, 5.41) is 21.2. The van der Waals surface area contributed by atoms with Gasteiger partial charge in [-0.05, 0) is 37.5 Å². The van der Waals surface area contributed by atoms with Crippen molar-refractivity contribution in [1.82, 2.24) is 20.2 Å². The van der Waals surface area contributed by atoms with Gasteiger partial charge in [0.05, 0.1) is 17.2 Å². The molecular formula is C20H19F2N5OS. The Labute approximate surface area is 171 Å². The van der Waals surface area contributed by atoms with Crippen molar-refractivity contribution in [3.8, 4) is 0 Å². The van der Waals surface area contributed by atoms with Gasteiger partial charge in [0.25, 0.3) is 6.43 Å². The molecule has 0 bridgehead atoms. The van der Waals surface area contributed by atoms with Crippen molar-refractivity contribution in [2.45, 2.75) is 39.3 Å². The molecule has 29 heavy (non-hydrogen) atoms. The molecule has 150 valence electrons. The standard InChI is InChI=1S/C20H19F2N5OS/c1-10-13-15-16(29-19(13)27-26-14(10)17(21)22)18(25-9-24-15)23-8-11-4-6-12(7-5-11)20(2,3)28/h4-7,9,17,28H,8H2,1-3H3,(H,23,24,25)/i8D. The van der Waals surface area contributed by atoms with Gasteiger partial charge in [-0.3, -0.25) is 0 Å². The monoisotopic (exact) mass is 416 g/mol. The van der Waals surface area contributed by atoms with Crippen LogP contribution in [-0.2, 0) is 12.1 Å². The third-order valence-electron chi connectivity index (χ3n) is 4.66. The lowest BCUT2D eigenvalue weighted by Crippen LogP contribution is -2.15. The fraction of sp³-hybridized carbons (Fsp3) is 0.300. The van der Waals surface area contributed by atoms with Crippen molar-refractivity contribution in [3.63, 3.8) is 0 Å². The molecule has 4 aromatic rings. The quantitative estimate of drug-likeness (QED) is 0.490. The molecule has 9 heteroatoms. The summed E-state index contributed by atoms with van der Waals surface area (Å²) in [4.78, 5) is 9.00. The zero-order valence-corrected chi connectivity index (χ0v) is 16.8. The largest absolute Gasteiger partial charge is 0.386 e. The number of fused-ring (bicyclic) bond motifs is 3. The summed E-state index contributed by atoms with van der Waals surface area (Å²) in [5.41, 5.74) is 0.959. The zero-order chi connectivity index (χ0) is 21.6. The first-order chi connectivity index (χ1) is 14.2. The third-order valence-corrected chi connectivity index (χ3v) is 5.73. The van der Waals surface area contributed by atoms with Crippen LogP contribution in [0.15, 0.2) is 30.6 Å². The van der Waals surface area contributed by atoms with E-state index in [4.69, 9.17) is 1.37 Å². The number of benzene rings is 1. The average molecular weight is 416 g/mol. The lowest BCUT2D eigenvalue weighted by Gasteiger charge is -2.18. The van der Waals surface area contributed by atoms with Crippen molar-refractivity contribution >= 4 is 37.6 Å². The minimum atomic E-state index is -2.72. The Morgan fingerprint density at radius 2 is 1.93 bits per heavy atom. The minimum absolute atomic E-state index is 0.343. The van der Waals surface area contributed by atoms with E-state index in [1.165, 1.54) is 17.7 Å². The Balaban J connectivity index is 1.72. The topological polar surface area (TPSA) is 83.8 Å². The van der Waals surface area contributed by atoms with E-state index in [0.717, 1.165) is 5.56 Å². The van der Waals surface area contributed by atoms with Gasteiger partial charge in [0, 0.05) is 11.9 Å². The van der Waals surface area contributed by atoms with Gasteiger partial charge in [-0.25, -0.2) is 18.7 Å². The van der Waals surface area contributed by atoms with Gasteiger partial charge in [0.15, 0.2) is 0 Å². The molecule has 3 aromatic heterocycles. The van der Waals surface area contributed by atoms with Crippen molar-refractivity contribution in [2.24, 2.45) is 0 Å². The molecular weight excluding hydrogens is 396 g/mol. The predicted octanol–water partition coefficient (Wildman–Crippen LogP) is 4.72. The van der Waals surface area contributed by atoms with Gasteiger partial charge in [-0.1, -0.05) is 24.3 Å². The second kappa shape index (κ2) is 7.23. The van der Waals surface area contributed by atoms with Crippen LogP contribution in [0.25, 0.3) is 20.4 Å². The lowest BCUT2D eigenvalue weighted by molar-refractivity contribution is 0.0786. The third kappa shape index (κ3) is 3.63. The van der Waals surface area contributed by atoms with Crippen LogP contribution in [0.1, 0.15) is 44.0 Å². The molecule has 0 fully saturated rings. The molecule has 0 radical (unpaired) electrons. The number of anilines is 1. The Kier molecular flexibility index (Phi) is 4.56. The van der Waals surface area contributed by atoms with Gasteiger partial charge in [0.2, 0.25) is 0 Å². The summed E-state index contributed by atoms with van der Waals surface area (Å²) in [6.45, 7) is 4.15. The minimum Gasteiger partial charge on any atom is -0.386 e. The van der Waals surface area contributed by atoms with E-state index >= 15 is 0 Å². The van der Waals surface area contributed by atoms with Crippen molar-refractivity contribution in [3.05, 3.63) is 53.0 Å². The van der Waals surface area contributed by atoms with Crippen LogP contribution < -0.4 is 5.32 Å². The molecule has 1 atom stereocenters. The summed E-state index contributed by atoms with van der Waals surface area (Å²) in [7, 11) is 0. The smallest absolute Gasteiger partial charge is 0.282 e. The molecule has 0 amide bonds. The van der Waals surface area contributed by atoms with Crippen LogP contribution in [-0.4, -0.2) is 25.3 Å². The van der Waals surface area contributed by atoms with Gasteiger partial charge in [0.1, 0.15) is 22.7 Å². The fourth-order valence-corrected chi connectivity index (χ4v) is 4.14.